The molecule has 0 fully saturated rings. The lowest BCUT2D eigenvalue weighted by Crippen LogP contribution is -2.34. The number of nitrogens with one attached hydrogen (secondary N) is 1. The normalized spacial score (nSPS) is 12.1. The van der Waals surface area contributed by atoms with Crippen LogP contribution in [-0.4, -0.2) is 32.3 Å². The second-order valence-corrected chi connectivity index (χ2v) is 3.99. The zero-order valence-electron chi connectivity index (χ0n) is 10.3. The molecule has 0 unspecified atom stereocenters. The molecule has 0 atom stereocenters. The molecule has 0 heterocycles. The predicted molar refractivity (Wildman–Crippen MR) is 65.1 cm³/mol. The van der Waals surface area contributed by atoms with Crippen molar-refractivity contribution in [1.29, 1.82) is 0 Å². The van der Waals surface area contributed by atoms with Gasteiger partial charge in [0.25, 0.3) is 0 Å². The van der Waals surface area contributed by atoms with Crippen molar-refractivity contribution in [2.75, 3.05) is 26.3 Å². The van der Waals surface area contributed by atoms with Crippen molar-refractivity contribution in [3.63, 3.8) is 0 Å². The van der Waals surface area contributed by atoms with Gasteiger partial charge in [-0.05, 0) is 18.8 Å². The van der Waals surface area contributed by atoms with E-state index in [-0.39, 0.29) is 0 Å². The Morgan fingerprint density at radius 2 is 2.13 bits per heavy atom. The third kappa shape index (κ3) is 11.2. The Balaban J connectivity index is 3.34. The van der Waals surface area contributed by atoms with Crippen molar-refractivity contribution in [2.45, 2.75) is 33.6 Å². The number of rotatable bonds is 8. The summed E-state index contributed by atoms with van der Waals surface area (Å²) in [6, 6.07) is 0. The summed E-state index contributed by atoms with van der Waals surface area (Å²) in [5.74, 6) is 1.20. The van der Waals surface area contributed by atoms with Gasteiger partial charge in [0, 0.05) is 19.7 Å². The summed E-state index contributed by atoms with van der Waals surface area (Å²) in [6.07, 6.45) is 2.13. The van der Waals surface area contributed by atoms with Gasteiger partial charge < -0.3 is 15.8 Å². The summed E-state index contributed by atoms with van der Waals surface area (Å²) in [4.78, 5) is 4.21. The standard InChI is InChI=1S/C11H25N3O/c1-4-8-15-9-7-14-11(12)13-6-5-10(2)3/h10H,4-9H2,1-3H3,(H3,12,13,14). The van der Waals surface area contributed by atoms with Crippen LogP contribution in [-0.2, 0) is 4.74 Å². The number of nitrogens with zero attached hydrogens (tertiary/aromatic N) is 1. The Morgan fingerprint density at radius 3 is 2.73 bits per heavy atom. The Kier molecular flexibility index (Phi) is 9.27. The van der Waals surface area contributed by atoms with Crippen LogP contribution < -0.4 is 11.1 Å². The monoisotopic (exact) mass is 215 g/mol. The number of hydrogen-bond acceptors (Lipinski definition) is 2. The summed E-state index contributed by atoms with van der Waals surface area (Å²) in [5.41, 5.74) is 5.66. The van der Waals surface area contributed by atoms with Crippen LogP contribution in [0.25, 0.3) is 0 Å². The number of nitrogens with two attached hydrogens (primary N) is 1. The van der Waals surface area contributed by atoms with E-state index in [0.717, 1.165) is 32.5 Å². The molecule has 0 aromatic carbocycles. The molecule has 0 aliphatic rings. The molecule has 4 heteroatoms. The molecule has 0 saturated heterocycles. The Morgan fingerprint density at radius 1 is 1.40 bits per heavy atom. The number of aliphatic imine (C=N–C) groups is 1. The van der Waals surface area contributed by atoms with Crippen molar-refractivity contribution < 1.29 is 4.74 Å². The summed E-state index contributed by atoms with van der Waals surface area (Å²) in [5, 5.41) is 3.02. The van der Waals surface area contributed by atoms with E-state index in [4.69, 9.17) is 10.5 Å². The van der Waals surface area contributed by atoms with Crippen LogP contribution in [0.5, 0.6) is 0 Å². The average molecular weight is 215 g/mol. The van der Waals surface area contributed by atoms with Crippen molar-refractivity contribution in [1.82, 2.24) is 5.32 Å². The molecule has 4 nitrogen and oxygen atoms in total. The van der Waals surface area contributed by atoms with Crippen LogP contribution >= 0.6 is 0 Å². The first-order valence-corrected chi connectivity index (χ1v) is 5.78. The first kappa shape index (κ1) is 14.2. The smallest absolute Gasteiger partial charge is 0.188 e. The van der Waals surface area contributed by atoms with Crippen LogP contribution in [0.2, 0.25) is 0 Å². The van der Waals surface area contributed by atoms with E-state index in [2.05, 4.69) is 31.1 Å². The van der Waals surface area contributed by atoms with Crippen molar-refractivity contribution in [3.05, 3.63) is 0 Å². The van der Waals surface area contributed by atoms with Crippen molar-refractivity contribution in [3.8, 4) is 0 Å². The first-order valence-electron chi connectivity index (χ1n) is 5.78. The summed E-state index contributed by atoms with van der Waals surface area (Å²) in [6.45, 7) is 9.48. The summed E-state index contributed by atoms with van der Waals surface area (Å²) >= 11 is 0. The van der Waals surface area contributed by atoms with Crippen molar-refractivity contribution >= 4 is 5.96 Å². The lowest BCUT2D eigenvalue weighted by atomic mass is 10.1. The van der Waals surface area contributed by atoms with Gasteiger partial charge in [-0.3, -0.25) is 4.99 Å². The molecule has 15 heavy (non-hydrogen) atoms. The molecule has 0 amide bonds. The molecule has 0 radical (unpaired) electrons. The lowest BCUT2D eigenvalue weighted by molar-refractivity contribution is 0.139. The van der Waals surface area contributed by atoms with Crippen LogP contribution in [0.3, 0.4) is 0 Å². The van der Waals surface area contributed by atoms with Crippen LogP contribution in [0.1, 0.15) is 33.6 Å². The largest absolute Gasteiger partial charge is 0.380 e. The number of ether oxygens (including phenoxy) is 1. The van der Waals surface area contributed by atoms with E-state index in [0.29, 0.717) is 18.5 Å². The maximum atomic E-state index is 5.66. The predicted octanol–water partition coefficient (Wildman–Crippen LogP) is 1.36. The van der Waals surface area contributed by atoms with Gasteiger partial charge in [-0.15, -0.1) is 0 Å². The zero-order chi connectivity index (χ0) is 11.5. The Bertz CT molecular complexity index is 169. The molecule has 0 rings (SSSR count). The van der Waals surface area contributed by atoms with Gasteiger partial charge in [0.2, 0.25) is 0 Å². The van der Waals surface area contributed by atoms with Crippen LogP contribution in [0.4, 0.5) is 0 Å². The van der Waals surface area contributed by atoms with Gasteiger partial charge in [0.15, 0.2) is 5.96 Å². The van der Waals surface area contributed by atoms with Crippen molar-refractivity contribution in [2.24, 2.45) is 16.6 Å². The highest BCUT2D eigenvalue weighted by atomic mass is 16.5. The van der Waals surface area contributed by atoms with Crippen LogP contribution in [0, 0.1) is 5.92 Å². The molecule has 0 aromatic heterocycles. The SMILES string of the molecule is CCCOCCNC(N)=NCCC(C)C. The Hall–Kier alpha value is -0.770. The molecule has 0 spiro atoms. The molecular weight excluding hydrogens is 190 g/mol. The van der Waals surface area contributed by atoms with E-state index in [1.54, 1.807) is 0 Å². The average Bonchev–Trinajstić information content (AvgIpc) is 2.17. The third-order valence-electron chi connectivity index (χ3n) is 1.89. The molecule has 90 valence electrons. The maximum absolute atomic E-state index is 5.66. The molecule has 0 aliphatic carbocycles. The highest BCUT2D eigenvalue weighted by Crippen LogP contribution is 1.97. The first-order chi connectivity index (χ1) is 7.16. The summed E-state index contributed by atoms with van der Waals surface area (Å²) in [7, 11) is 0. The second-order valence-electron chi connectivity index (χ2n) is 3.99. The molecule has 0 saturated carbocycles. The minimum atomic E-state index is 0.524. The van der Waals surface area contributed by atoms with Gasteiger partial charge in [-0.25, -0.2) is 0 Å². The molecule has 0 bridgehead atoms. The maximum Gasteiger partial charge on any atom is 0.188 e. The highest BCUT2D eigenvalue weighted by Gasteiger charge is 1.94. The lowest BCUT2D eigenvalue weighted by Gasteiger charge is -2.06. The number of guanidine groups is 1. The minimum absolute atomic E-state index is 0.524. The van der Waals surface area contributed by atoms with Gasteiger partial charge >= 0.3 is 0 Å². The Labute approximate surface area is 93.3 Å². The molecular formula is C11H25N3O. The fourth-order valence-electron chi connectivity index (χ4n) is 0.997. The quantitative estimate of drug-likeness (QED) is 0.365. The molecule has 0 aromatic rings. The van der Waals surface area contributed by atoms with E-state index in [1.807, 2.05) is 0 Å². The van der Waals surface area contributed by atoms with E-state index in [1.165, 1.54) is 0 Å². The molecule has 3 N–H and O–H groups in total. The fourth-order valence-corrected chi connectivity index (χ4v) is 0.997. The third-order valence-corrected chi connectivity index (χ3v) is 1.89. The van der Waals surface area contributed by atoms with E-state index < -0.39 is 0 Å². The van der Waals surface area contributed by atoms with Gasteiger partial charge in [-0.2, -0.15) is 0 Å². The van der Waals surface area contributed by atoms with Gasteiger partial charge in [0.05, 0.1) is 6.61 Å². The number of hydrogen-bond donors (Lipinski definition) is 2. The van der Waals surface area contributed by atoms with E-state index >= 15 is 0 Å². The minimum Gasteiger partial charge on any atom is -0.380 e. The second kappa shape index (κ2) is 9.77. The molecule has 0 aliphatic heterocycles. The van der Waals surface area contributed by atoms with Gasteiger partial charge in [-0.1, -0.05) is 20.8 Å². The van der Waals surface area contributed by atoms with E-state index in [9.17, 15) is 0 Å². The fraction of sp³-hybridized carbons (Fsp3) is 0.909. The topological polar surface area (TPSA) is 59.6 Å². The van der Waals surface area contributed by atoms with Crippen LogP contribution in [0.15, 0.2) is 4.99 Å². The van der Waals surface area contributed by atoms with Gasteiger partial charge in [0.1, 0.15) is 0 Å². The zero-order valence-corrected chi connectivity index (χ0v) is 10.3. The summed E-state index contributed by atoms with van der Waals surface area (Å²) < 4.78 is 5.30. The highest BCUT2D eigenvalue weighted by molar-refractivity contribution is 5.77.